The van der Waals surface area contributed by atoms with Gasteiger partial charge in [0.15, 0.2) is 15.8 Å². The summed E-state index contributed by atoms with van der Waals surface area (Å²) in [6.07, 6.45) is 0.534. The maximum atomic E-state index is 11.5. The van der Waals surface area contributed by atoms with Crippen LogP contribution in [0, 0.1) is 0 Å². The third-order valence-electron chi connectivity index (χ3n) is 3.26. The number of hydrogen-bond acceptors (Lipinski definition) is 4. The van der Waals surface area contributed by atoms with Crippen LogP contribution in [0.2, 0.25) is 0 Å². The second kappa shape index (κ2) is 8.68. The van der Waals surface area contributed by atoms with Crippen LogP contribution in [0.4, 0.5) is 5.69 Å². The van der Waals surface area contributed by atoms with Crippen molar-refractivity contribution < 1.29 is 13.2 Å². The van der Waals surface area contributed by atoms with Crippen LogP contribution in [0.25, 0.3) is 0 Å². The third-order valence-corrected chi connectivity index (χ3v) is 4.93. The highest BCUT2D eigenvalue weighted by molar-refractivity contribution is 14.0. The molecule has 1 aliphatic rings. The summed E-state index contributed by atoms with van der Waals surface area (Å²) in [5.41, 5.74) is 7.89. The molecule has 1 aliphatic heterocycles. The molecule has 1 heterocycles. The molecule has 0 amide bonds. The normalized spacial score (nSPS) is 21.0. The molecule has 0 aromatic heterocycles. The van der Waals surface area contributed by atoms with Crippen LogP contribution in [0.15, 0.2) is 29.3 Å². The van der Waals surface area contributed by atoms with Gasteiger partial charge in [0.1, 0.15) is 0 Å². The molecule has 8 heteroatoms. The largest absolute Gasteiger partial charge is 0.374 e. The number of guanidine groups is 1. The Kier molecular flexibility index (Phi) is 7.57. The molecule has 0 aliphatic carbocycles. The Labute approximate surface area is 148 Å². The highest BCUT2D eigenvalue weighted by atomic mass is 127. The Bertz CT molecular complexity index is 620. The first-order valence-electron chi connectivity index (χ1n) is 6.96. The number of anilines is 1. The lowest BCUT2D eigenvalue weighted by atomic mass is 10.1. The second-order valence-electron chi connectivity index (χ2n) is 5.01. The fourth-order valence-corrected chi connectivity index (χ4v) is 3.40. The first-order chi connectivity index (χ1) is 9.98. The SMILES string of the molecule is CCc1cccc(NC(N)=NCC2CS(=O)(=O)CCO2)c1.I. The van der Waals surface area contributed by atoms with E-state index in [1.165, 1.54) is 5.56 Å². The topological polar surface area (TPSA) is 93.8 Å². The van der Waals surface area contributed by atoms with Crippen LogP contribution in [0.5, 0.6) is 0 Å². The molecular weight excluding hydrogens is 417 g/mol. The average Bonchev–Trinajstić information content (AvgIpc) is 2.44. The first kappa shape index (κ1) is 19.2. The van der Waals surface area contributed by atoms with Crippen molar-refractivity contribution in [2.45, 2.75) is 19.4 Å². The Balaban J connectivity index is 0.00000242. The van der Waals surface area contributed by atoms with E-state index in [2.05, 4.69) is 17.2 Å². The van der Waals surface area contributed by atoms with E-state index in [0.717, 1.165) is 12.1 Å². The maximum absolute atomic E-state index is 11.5. The van der Waals surface area contributed by atoms with Crippen LogP contribution in [-0.4, -0.2) is 45.1 Å². The molecule has 2 rings (SSSR count). The quantitative estimate of drug-likeness (QED) is 0.421. The summed E-state index contributed by atoms with van der Waals surface area (Å²) in [6, 6.07) is 7.90. The van der Waals surface area contributed by atoms with Crippen LogP contribution in [-0.2, 0) is 21.0 Å². The predicted molar refractivity (Wildman–Crippen MR) is 99.7 cm³/mol. The molecule has 1 fully saturated rings. The standard InChI is InChI=1S/C14H21N3O3S.HI/c1-2-11-4-3-5-12(8-11)17-14(15)16-9-13-10-21(18,19)7-6-20-13;/h3-5,8,13H,2,6-7,9-10H2,1H3,(H3,15,16,17);1H. The van der Waals surface area contributed by atoms with Gasteiger partial charge in [0.2, 0.25) is 0 Å². The fourth-order valence-electron chi connectivity index (χ4n) is 2.12. The van der Waals surface area contributed by atoms with Crippen molar-refractivity contribution >= 4 is 45.5 Å². The number of nitrogens with one attached hydrogen (secondary N) is 1. The fraction of sp³-hybridized carbons (Fsp3) is 0.500. The van der Waals surface area contributed by atoms with E-state index in [1.807, 2.05) is 24.3 Å². The number of halogens is 1. The molecule has 1 unspecified atom stereocenters. The molecule has 1 aromatic rings. The lowest BCUT2D eigenvalue weighted by molar-refractivity contribution is 0.0783. The Morgan fingerprint density at radius 3 is 2.95 bits per heavy atom. The van der Waals surface area contributed by atoms with Gasteiger partial charge in [-0.05, 0) is 24.1 Å². The van der Waals surface area contributed by atoms with E-state index in [1.54, 1.807) is 0 Å². The summed E-state index contributed by atoms with van der Waals surface area (Å²) in [5.74, 6) is 0.356. The summed E-state index contributed by atoms with van der Waals surface area (Å²) in [4.78, 5) is 4.16. The molecule has 6 nitrogen and oxygen atoms in total. The number of aliphatic imine (C=N–C) groups is 1. The van der Waals surface area contributed by atoms with E-state index in [-0.39, 0.29) is 54.6 Å². The van der Waals surface area contributed by atoms with Gasteiger partial charge in [-0.25, -0.2) is 8.42 Å². The lowest BCUT2D eigenvalue weighted by Crippen LogP contribution is -2.37. The third kappa shape index (κ3) is 6.09. The van der Waals surface area contributed by atoms with E-state index < -0.39 is 15.9 Å². The van der Waals surface area contributed by atoms with Crippen molar-refractivity contribution in [1.82, 2.24) is 0 Å². The van der Waals surface area contributed by atoms with Gasteiger partial charge in [-0.2, -0.15) is 0 Å². The smallest absolute Gasteiger partial charge is 0.193 e. The Morgan fingerprint density at radius 2 is 2.27 bits per heavy atom. The number of ether oxygens (including phenoxy) is 1. The molecule has 0 saturated carbocycles. The molecule has 1 saturated heterocycles. The first-order valence-corrected chi connectivity index (χ1v) is 8.78. The Morgan fingerprint density at radius 1 is 1.50 bits per heavy atom. The van der Waals surface area contributed by atoms with Gasteiger partial charge >= 0.3 is 0 Å². The molecule has 3 N–H and O–H groups in total. The van der Waals surface area contributed by atoms with Gasteiger partial charge in [0.25, 0.3) is 0 Å². The van der Waals surface area contributed by atoms with Crippen molar-refractivity contribution in [1.29, 1.82) is 0 Å². The van der Waals surface area contributed by atoms with Crippen molar-refractivity contribution in [2.24, 2.45) is 10.7 Å². The molecule has 0 bridgehead atoms. The number of rotatable bonds is 4. The minimum atomic E-state index is -3.00. The number of nitrogens with two attached hydrogens (primary N) is 1. The highest BCUT2D eigenvalue weighted by Crippen LogP contribution is 2.11. The number of hydrogen-bond donors (Lipinski definition) is 2. The molecule has 0 radical (unpaired) electrons. The van der Waals surface area contributed by atoms with Crippen LogP contribution in [0.1, 0.15) is 12.5 Å². The van der Waals surface area contributed by atoms with Gasteiger partial charge in [0, 0.05) is 5.69 Å². The molecule has 22 heavy (non-hydrogen) atoms. The number of nitrogens with zero attached hydrogens (tertiary/aromatic N) is 1. The van der Waals surface area contributed by atoms with Crippen molar-refractivity contribution in [3.8, 4) is 0 Å². The highest BCUT2D eigenvalue weighted by Gasteiger charge is 2.25. The van der Waals surface area contributed by atoms with Crippen LogP contribution >= 0.6 is 24.0 Å². The van der Waals surface area contributed by atoms with Gasteiger partial charge in [0.05, 0.1) is 30.8 Å². The summed E-state index contributed by atoms with van der Waals surface area (Å²) in [6.45, 7) is 2.55. The zero-order valence-corrected chi connectivity index (χ0v) is 15.6. The van der Waals surface area contributed by atoms with E-state index in [4.69, 9.17) is 10.5 Å². The Hall–Kier alpha value is -0.870. The number of sulfone groups is 1. The number of benzene rings is 1. The molecule has 1 atom stereocenters. The van der Waals surface area contributed by atoms with Crippen LogP contribution in [0.3, 0.4) is 0 Å². The summed E-state index contributed by atoms with van der Waals surface area (Å²) >= 11 is 0. The van der Waals surface area contributed by atoms with Gasteiger partial charge in [-0.1, -0.05) is 19.1 Å². The van der Waals surface area contributed by atoms with E-state index in [0.29, 0.717) is 0 Å². The molecule has 1 aromatic carbocycles. The number of aryl methyl sites for hydroxylation is 1. The van der Waals surface area contributed by atoms with E-state index in [9.17, 15) is 8.42 Å². The summed E-state index contributed by atoms with van der Waals surface area (Å²) < 4.78 is 28.4. The average molecular weight is 439 g/mol. The van der Waals surface area contributed by atoms with Gasteiger partial charge in [-0.3, -0.25) is 4.99 Å². The maximum Gasteiger partial charge on any atom is 0.193 e. The van der Waals surface area contributed by atoms with Crippen LogP contribution < -0.4 is 11.1 Å². The van der Waals surface area contributed by atoms with Gasteiger partial charge in [-0.15, -0.1) is 24.0 Å². The summed E-state index contributed by atoms with van der Waals surface area (Å²) in [7, 11) is -3.00. The van der Waals surface area contributed by atoms with Crippen molar-refractivity contribution in [3.63, 3.8) is 0 Å². The monoisotopic (exact) mass is 439 g/mol. The molecule has 0 spiro atoms. The zero-order chi connectivity index (χ0) is 15.3. The van der Waals surface area contributed by atoms with E-state index >= 15 is 0 Å². The zero-order valence-electron chi connectivity index (χ0n) is 12.5. The van der Waals surface area contributed by atoms with Crippen molar-refractivity contribution in [3.05, 3.63) is 29.8 Å². The lowest BCUT2D eigenvalue weighted by Gasteiger charge is -2.21. The predicted octanol–water partition coefficient (Wildman–Crippen LogP) is 1.41. The summed E-state index contributed by atoms with van der Waals surface area (Å²) in [5, 5.41) is 3.00. The second-order valence-corrected chi connectivity index (χ2v) is 7.24. The molecule has 124 valence electrons. The minimum Gasteiger partial charge on any atom is -0.374 e. The van der Waals surface area contributed by atoms with Crippen molar-refractivity contribution in [2.75, 3.05) is 30.0 Å². The molecular formula is C14H22IN3O3S. The van der Waals surface area contributed by atoms with Gasteiger partial charge < -0.3 is 15.8 Å². The minimum absolute atomic E-state index is 0.